The predicted molar refractivity (Wildman–Crippen MR) is 112 cm³/mol. The van der Waals surface area contributed by atoms with Crippen LogP contribution >= 0.6 is 12.4 Å². The monoisotopic (exact) mass is 396 g/mol. The standard InChI is InChI=1S/C20H32N4O2.ClH/c1-5-24(6-2)19(26)15-8-7-9-16(12-15)22-18(25)13-23-11-10-17(21)20(3,4)14-23;/h7-9,12,17H,5-6,10-11,13-14,21H2,1-4H3,(H,22,25);1H. The Kier molecular flexibility index (Phi) is 8.72. The van der Waals surface area contributed by atoms with Gasteiger partial charge >= 0.3 is 0 Å². The summed E-state index contributed by atoms with van der Waals surface area (Å²) in [5.41, 5.74) is 7.41. The number of rotatable bonds is 6. The van der Waals surface area contributed by atoms with Gasteiger partial charge in [0.05, 0.1) is 6.54 Å². The van der Waals surface area contributed by atoms with Crippen molar-refractivity contribution in [1.82, 2.24) is 9.80 Å². The summed E-state index contributed by atoms with van der Waals surface area (Å²) in [4.78, 5) is 28.8. The van der Waals surface area contributed by atoms with Crippen molar-refractivity contribution in [2.45, 2.75) is 40.2 Å². The molecule has 3 N–H and O–H groups in total. The van der Waals surface area contributed by atoms with E-state index in [0.29, 0.717) is 30.9 Å². The molecule has 2 amide bonds. The minimum Gasteiger partial charge on any atom is -0.339 e. The fourth-order valence-electron chi connectivity index (χ4n) is 3.45. The van der Waals surface area contributed by atoms with E-state index in [1.165, 1.54) is 0 Å². The van der Waals surface area contributed by atoms with E-state index in [4.69, 9.17) is 5.73 Å². The van der Waals surface area contributed by atoms with E-state index in [0.717, 1.165) is 19.5 Å². The lowest BCUT2D eigenvalue weighted by molar-refractivity contribution is -0.118. The van der Waals surface area contributed by atoms with E-state index in [1.807, 2.05) is 19.9 Å². The van der Waals surface area contributed by atoms with Crippen molar-refractivity contribution in [3.63, 3.8) is 0 Å². The third-order valence-electron chi connectivity index (χ3n) is 5.20. The van der Waals surface area contributed by atoms with Gasteiger partial charge in [0.1, 0.15) is 0 Å². The van der Waals surface area contributed by atoms with E-state index < -0.39 is 0 Å². The maximum absolute atomic E-state index is 12.5. The van der Waals surface area contributed by atoms with Crippen LogP contribution in [0, 0.1) is 5.41 Å². The van der Waals surface area contributed by atoms with Crippen LogP contribution in [0.5, 0.6) is 0 Å². The van der Waals surface area contributed by atoms with Crippen molar-refractivity contribution in [3.05, 3.63) is 29.8 Å². The summed E-state index contributed by atoms with van der Waals surface area (Å²) in [5, 5.41) is 2.92. The predicted octanol–water partition coefficient (Wildman–Crippen LogP) is 2.59. The van der Waals surface area contributed by atoms with Crippen molar-refractivity contribution in [1.29, 1.82) is 0 Å². The Labute approximate surface area is 168 Å². The molecule has 0 aliphatic carbocycles. The molecule has 0 bridgehead atoms. The first-order chi connectivity index (χ1) is 12.3. The van der Waals surface area contributed by atoms with Crippen LogP contribution in [0.1, 0.15) is 44.5 Å². The van der Waals surface area contributed by atoms with E-state index in [9.17, 15) is 9.59 Å². The lowest BCUT2D eigenvalue weighted by atomic mass is 9.80. The molecule has 1 unspecified atom stereocenters. The Balaban J connectivity index is 0.00000364. The molecule has 1 aliphatic heterocycles. The second-order valence-electron chi connectivity index (χ2n) is 7.70. The lowest BCUT2D eigenvalue weighted by Gasteiger charge is -2.42. The highest BCUT2D eigenvalue weighted by molar-refractivity contribution is 5.97. The second kappa shape index (κ2) is 10.1. The largest absolute Gasteiger partial charge is 0.339 e. The van der Waals surface area contributed by atoms with Crippen LogP contribution < -0.4 is 11.1 Å². The number of piperidine rings is 1. The van der Waals surface area contributed by atoms with Crippen LogP contribution in [-0.2, 0) is 4.79 Å². The van der Waals surface area contributed by atoms with E-state index in [1.54, 1.807) is 23.1 Å². The molecule has 1 saturated heterocycles. The highest BCUT2D eigenvalue weighted by Crippen LogP contribution is 2.27. The number of halogens is 1. The van der Waals surface area contributed by atoms with Crippen molar-refractivity contribution < 1.29 is 9.59 Å². The first kappa shape index (κ1) is 23.4. The average Bonchev–Trinajstić information content (AvgIpc) is 2.59. The Morgan fingerprint density at radius 3 is 2.56 bits per heavy atom. The van der Waals surface area contributed by atoms with Crippen LogP contribution in [0.2, 0.25) is 0 Å². The summed E-state index contributed by atoms with van der Waals surface area (Å²) in [6, 6.07) is 7.31. The molecule has 2 rings (SSSR count). The summed E-state index contributed by atoms with van der Waals surface area (Å²) in [7, 11) is 0. The summed E-state index contributed by atoms with van der Waals surface area (Å²) < 4.78 is 0. The number of carbonyl (C=O) groups excluding carboxylic acids is 2. The molecule has 1 aromatic carbocycles. The third kappa shape index (κ3) is 6.19. The average molecular weight is 397 g/mol. The molecule has 1 aliphatic rings. The number of nitrogens with zero attached hydrogens (tertiary/aromatic N) is 2. The number of nitrogens with two attached hydrogens (primary N) is 1. The van der Waals surface area contributed by atoms with Gasteiger partial charge in [0.25, 0.3) is 5.91 Å². The molecule has 27 heavy (non-hydrogen) atoms. The Morgan fingerprint density at radius 2 is 1.96 bits per heavy atom. The van der Waals surface area contributed by atoms with Gasteiger partial charge in [-0.25, -0.2) is 0 Å². The van der Waals surface area contributed by atoms with Crippen LogP contribution in [-0.4, -0.2) is 60.4 Å². The molecule has 1 aromatic rings. The SMILES string of the molecule is CCN(CC)C(=O)c1cccc(NC(=O)CN2CCC(N)C(C)(C)C2)c1.Cl. The summed E-state index contributed by atoms with van der Waals surface area (Å²) in [6.07, 6.45) is 0.897. The molecule has 1 fully saturated rings. The zero-order chi connectivity index (χ0) is 19.3. The molecule has 0 saturated carbocycles. The summed E-state index contributed by atoms with van der Waals surface area (Å²) in [5.74, 6) is -0.0819. The number of hydrogen-bond donors (Lipinski definition) is 2. The topological polar surface area (TPSA) is 78.7 Å². The van der Waals surface area contributed by atoms with E-state index in [2.05, 4.69) is 24.1 Å². The van der Waals surface area contributed by atoms with Gasteiger partial charge in [0, 0.05) is 43.5 Å². The Bertz CT molecular complexity index is 647. The van der Waals surface area contributed by atoms with E-state index >= 15 is 0 Å². The second-order valence-corrected chi connectivity index (χ2v) is 7.70. The van der Waals surface area contributed by atoms with Crippen LogP contribution in [0.3, 0.4) is 0 Å². The summed E-state index contributed by atoms with van der Waals surface area (Å²) in [6.45, 7) is 11.5. The van der Waals surface area contributed by atoms with Crippen LogP contribution in [0.15, 0.2) is 24.3 Å². The molecule has 1 heterocycles. The molecule has 152 valence electrons. The van der Waals surface area contributed by atoms with Gasteiger partial charge in [0.15, 0.2) is 0 Å². The van der Waals surface area contributed by atoms with Crippen molar-refractivity contribution in [3.8, 4) is 0 Å². The minimum atomic E-state index is -0.0660. The Hall–Kier alpha value is -1.63. The zero-order valence-electron chi connectivity index (χ0n) is 16.8. The van der Waals surface area contributed by atoms with Crippen molar-refractivity contribution in [2.24, 2.45) is 11.1 Å². The van der Waals surface area contributed by atoms with Gasteiger partial charge in [-0.3, -0.25) is 14.5 Å². The maximum atomic E-state index is 12.5. The number of anilines is 1. The summed E-state index contributed by atoms with van der Waals surface area (Å²) >= 11 is 0. The number of benzene rings is 1. The molecular formula is C20H33ClN4O2. The number of carbonyl (C=O) groups is 2. The van der Waals surface area contributed by atoms with E-state index in [-0.39, 0.29) is 35.7 Å². The first-order valence-corrected chi connectivity index (χ1v) is 9.44. The first-order valence-electron chi connectivity index (χ1n) is 9.44. The quantitative estimate of drug-likeness (QED) is 0.774. The van der Waals surface area contributed by atoms with Gasteiger partial charge in [-0.1, -0.05) is 19.9 Å². The molecule has 6 nitrogen and oxygen atoms in total. The number of hydrogen-bond acceptors (Lipinski definition) is 4. The molecule has 0 radical (unpaired) electrons. The number of amides is 2. The fraction of sp³-hybridized carbons (Fsp3) is 0.600. The molecule has 0 spiro atoms. The van der Waals surface area contributed by atoms with Crippen molar-refractivity contribution >= 4 is 29.9 Å². The third-order valence-corrected chi connectivity index (χ3v) is 5.20. The highest BCUT2D eigenvalue weighted by atomic mass is 35.5. The van der Waals surface area contributed by atoms with Gasteiger partial charge < -0.3 is 16.0 Å². The number of nitrogens with one attached hydrogen (secondary N) is 1. The van der Waals surface area contributed by atoms with Crippen LogP contribution in [0.4, 0.5) is 5.69 Å². The highest BCUT2D eigenvalue weighted by Gasteiger charge is 2.33. The fourth-order valence-corrected chi connectivity index (χ4v) is 3.45. The maximum Gasteiger partial charge on any atom is 0.253 e. The molecule has 0 aromatic heterocycles. The van der Waals surface area contributed by atoms with Gasteiger partial charge in [-0.2, -0.15) is 0 Å². The normalized spacial score (nSPS) is 19.1. The zero-order valence-corrected chi connectivity index (χ0v) is 17.6. The Morgan fingerprint density at radius 1 is 1.30 bits per heavy atom. The van der Waals surface area contributed by atoms with Crippen molar-refractivity contribution in [2.75, 3.05) is 38.0 Å². The van der Waals surface area contributed by atoms with Gasteiger partial charge in [-0.15, -0.1) is 12.4 Å². The van der Waals surface area contributed by atoms with Gasteiger partial charge in [-0.05, 0) is 43.9 Å². The molecule has 1 atom stereocenters. The van der Waals surface area contributed by atoms with Gasteiger partial charge in [0.2, 0.25) is 5.91 Å². The van der Waals surface area contributed by atoms with Crippen LogP contribution in [0.25, 0.3) is 0 Å². The number of likely N-dealkylation sites (tertiary alicyclic amines) is 1. The minimum absolute atomic E-state index is 0. The smallest absolute Gasteiger partial charge is 0.253 e. The lowest BCUT2D eigenvalue weighted by Crippen LogP contribution is -2.53. The molecular weight excluding hydrogens is 364 g/mol. The molecule has 7 heteroatoms.